The summed E-state index contributed by atoms with van der Waals surface area (Å²) in [7, 11) is -4.01. The molecule has 8 nitrogen and oxygen atoms in total. The van der Waals surface area contributed by atoms with Gasteiger partial charge in [-0.3, -0.25) is 9.20 Å². The predicted molar refractivity (Wildman–Crippen MR) is 112 cm³/mol. The molecule has 1 aromatic carbocycles. The molecule has 4 aromatic rings. The fraction of sp³-hybridized carbons (Fsp3) is 0.190. The number of nitrogen functional groups attached to an aromatic ring is 1. The Labute approximate surface area is 172 Å². The summed E-state index contributed by atoms with van der Waals surface area (Å²) in [6.45, 7) is 3.41. The van der Waals surface area contributed by atoms with Gasteiger partial charge in [0.25, 0.3) is 11.2 Å². The minimum Gasteiger partial charge on any atom is -0.393 e. The first-order valence-corrected chi connectivity index (χ1v) is 10.8. The SMILES string of the molecule is Cc1ccc(S(=O)(=O)c2cc3c(=O)n4ccccc4nc3[n+](CCO)c2N)cc1C. The van der Waals surface area contributed by atoms with E-state index >= 15 is 0 Å². The van der Waals surface area contributed by atoms with Crippen LogP contribution in [0, 0.1) is 13.8 Å². The molecule has 0 aliphatic carbocycles. The number of nitrogens with zero attached hydrogens (tertiary/aromatic N) is 3. The second-order valence-corrected chi connectivity index (χ2v) is 9.02. The highest BCUT2D eigenvalue weighted by atomic mass is 32.2. The summed E-state index contributed by atoms with van der Waals surface area (Å²) in [5.74, 6) is -0.0815. The highest BCUT2D eigenvalue weighted by molar-refractivity contribution is 7.91. The highest BCUT2D eigenvalue weighted by Gasteiger charge is 2.29. The molecular formula is C21H21N4O4S+. The van der Waals surface area contributed by atoms with Gasteiger partial charge < -0.3 is 10.8 Å². The molecule has 0 saturated carbocycles. The number of anilines is 1. The molecule has 3 heterocycles. The third kappa shape index (κ3) is 3.03. The molecular weight excluding hydrogens is 404 g/mol. The van der Waals surface area contributed by atoms with Crippen LogP contribution in [0.5, 0.6) is 0 Å². The number of benzene rings is 1. The van der Waals surface area contributed by atoms with Crippen molar-refractivity contribution in [2.45, 2.75) is 30.2 Å². The molecule has 154 valence electrons. The zero-order valence-electron chi connectivity index (χ0n) is 16.5. The van der Waals surface area contributed by atoms with E-state index in [1.807, 2.05) is 13.8 Å². The molecule has 0 aliphatic heterocycles. The van der Waals surface area contributed by atoms with E-state index in [-0.39, 0.29) is 39.8 Å². The van der Waals surface area contributed by atoms with Gasteiger partial charge in [0.2, 0.25) is 21.3 Å². The van der Waals surface area contributed by atoms with Crippen molar-refractivity contribution in [3.8, 4) is 0 Å². The molecule has 0 amide bonds. The number of nitrogens with two attached hydrogens (primary N) is 1. The number of pyridine rings is 2. The Balaban J connectivity index is 2.11. The molecule has 0 spiro atoms. The molecule has 0 aliphatic rings. The fourth-order valence-corrected chi connectivity index (χ4v) is 4.92. The summed E-state index contributed by atoms with van der Waals surface area (Å²) < 4.78 is 29.5. The quantitative estimate of drug-likeness (QED) is 0.374. The number of aliphatic hydroxyl groups is 1. The predicted octanol–water partition coefficient (Wildman–Crippen LogP) is 1.16. The van der Waals surface area contributed by atoms with Crippen molar-refractivity contribution >= 4 is 32.3 Å². The van der Waals surface area contributed by atoms with Gasteiger partial charge in [-0.1, -0.05) is 17.1 Å². The van der Waals surface area contributed by atoms with Crippen molar-refractivity contribution in [2.24, 2.45) is 0 Å². The molecule has 3 N–H and O–H groups in total. The van der Waals surface area contributed by atoms with Crippen LogP contribution in [0.15, 0.2) is 63.2 Å². The smallest absolute Gasteiger partial charge is 0.278 e. The highest BCUT2D eigenvalue weighted by Crippen LogP contribution is 2.27. The number of rotatable bonds is 4. The van der Waals surface area contributed by atoms with Crippen LogP contribution in [0.3, 0.4) is 0 Å². The van der Waals surface area contributed by atoms with E-state index in [0.717, 1.165) is 11.1 Å². The lowest BCUT2D eigenvalue weighted by Crippen LogP contribution is -2.43. The second-order valence-electron chi connectivity index (χ2n) is 7.10. The molecule has 30 heavy (non-hydrogen) atoms. The number of aryl methyl sites for hydroxylation is 2. The van der Waals surface area contributed by atoms with E-state index in [1.54, 1.807) is 36.5 Å². The minimum absolute atomic E-state index is 0.00589. The number of aliphatic hydroxyl groups excluding tert-OH is 1. The first kappa shape index (κ1) is 20.0. The van der Waals surface area contributed by atoms with Crippen LogP contribution >= 0.6 is 0 Å². The van der Waals surface area contributed by atoms with E-state index in [4.69, 9.17) is 5.73 Å². The Morgan fingerprint density at radius 3 is 2.60 bits per heavy atom. The van der Waals surface area contributed by atoms with Crippen molar-refractivity contribution in [3.63, 3.8) is 0 Å². The number of sulfone groups is 1. The van der Waals surface area contributed by atoms with Crippen LogP contribution in [0.2, 0.25) is 0 Å². The van der Waals surface area contributed by atoms with Gasteiger partial charge >= 0.3 is 0 Å². The van der Waals surface area contributed by atoms with E-state index in [1.165, 1.54) is 21.1 Å². The summed E-state index contributed by atoms with van der Waals surface area (Å²) in [5, 5.41) is 9.63. The lowest BCUT2D eigenvalue weighted by Gasteiger charge is -2.12. The summed E-state index contributed by atoms with van der Waals surface area (Å²) in [5.41, 5.74) is 8.23. The van der Waals surface area contributed by atoms with Gasteiger partial charge in [-0.15, -0.1) is 0 Å². The van der Waals surface area contributed by atoms with Gasteiger partial charge in [-0.2, -0.15) is 0 Å². The largest absolute Gasteiger partial charge is 0.393 e. The molecule has 0 radical (unpaired) electrons. The van der Waals surface area contributed by atoms with Gasteiger partial charge in [0, 0.05) is 6.20 Å². The second kappa shape index (κ2) is 7.19. The standard InChI is InChI=1S/C21H20N4O4S/c1-13-6-7-15(11-14(13)2)30(28,29)17-12-16-20(25(9-10-26)19(17)22)23-18-5-3-4-8-24(18)21(16)27/h3-8,11-12,22,26H,9-10H2,1-2H3/p+1. The topological polar surface area (TPSA) is 119 Å². The number of hydrogen-bond acceptors (Lipinski definition) is 6. The lowest BCUT2D eigenvalue weighted by atomic mass is 10.1. The zero-order valence-corrected chi connectivity index (χ0v) is 17.3. The normalized spacial score (nSPS) is 12.0. The van der Waals surface area contributed by atoms with Crippen molar-refractivity contribution in [1.29, 1.82) is 0 Å². The zero-order chi connectivity index (χ0) is 21.6. The Morgan fingerprint density at radius 2 is 1.90 bits per heavy atom. The maximum Gasteiger partial charge on any atom is 0.278 e. The van der Waals surface area contributed by atoms with Crippen molar-refractivity contribution in [1.82, 2.24) is 9.38 Å². The Hall–Kier alpha value is -3.30. The minimum atomic E-state index is -4.01. The van der Waals surface area contributed by atoms with Crippen molar-refractivity contribution in [3.05, 3.63) is 70.1 Å². The van der Waals surface area contributed by atoms with Gasteiger partial charge in [-0.25, -0.2) is 13.0 Å². The third-order valence-corrected chi connectivity index (χ3v) is 7.01. The monoisotopic (exact) mass is 425 g/mol. The first-order valence-electron chi connectivity index (χ1n) is 9.32. The molecule has 3 aromatic heterocycles. The Morgan fingerprint density at radius 1 is 1.13 bits per heavy atom. The van der Waals surface area contributed by atoms with Gasteiger partial charge in [-0.05, 0) is 55.3 Å². The molecule has 0 unspecified atom stereocenters. The van der Waals surface area contributed by atoms with Crippen LogP contribution in [0.1, 0.15) is 11.1 Å². The third-order valence-electron chi connectivity index (χ3n) is 5.23. The maximum absolute atomic E-state index is 13.4. The van der Waals surface area contributed by atoms with Crippen LogP contribution in [0.25, 0.3) is 16.7 Å². The average molecular weight is 425 g/mol. The van der Waals surface area contributed by atoms with Crippen LogP contribution < -0.4 is 15.9 Å². The molecule has 9 heteroatoms. The molecule has 0 bridgehead atoms. The summed E-state index contributed by atoms with van der Waals surface area (Å²) >= 11 is 0. The summed E-state index contributed by atoms with van der Waals surface area (Å²) in [4.78, 5) is 17.5. The van der Waals surface area contributed by atoms with Crippen LogP contribution in [-0.4, -0.2) is 29.5 Å². The van der Waals surface area contributed by atoms with Gasteiger partial charge in [0.15, 0.2) is 0 Å². The maximum atomic E-state index is 13.4. The molecule has 0 fully saturated rings. The van der Waals surface area contributed by atoms with E-state index in [9.17, 15) is 18.3 Å². The first-order chi connectivity index (χ1) is 14.3. The van der Waals surface area contributed by atoms with Crippen molar-refractivity contribution < 1.29 is 18.1 Å². The number of fused-ring (bicyclic) bond motifs is 2. The average Bonchev–Trinajstić information content (AvgIpc) is 2.72. The Kier molecular flexibility index (Phi) is 4.79. The van der Waals surface area contributed by atoms with Crippen LogP contribution in [-0.2, 0) is 16.4 Å². The van der Waals surface area contributed by atoms with E-state index < -0.39 is 15.4 Å². The fourth-order valence-electron chi connectivity index (χ4n) is 3.42. The van der Waals surface area contributed by atoms with Gasteiger partial charge in [0.1, 0.15) is 10.3 Å². The van der Waals surface area contributed by atoms with Crippen molar-refractivity contribution in [2.75, 3.05) is 12.3 Å². The lowest BCUT2D eigenvalue weighted by molar-refractivity contribution is -0.661. The number of aromatic nitrogens is 3. The summed E-state index contributed by atoms with van der Waals surface area (Å²) in [6.07, 6.45) is 1.56. The molecule has 0 atom stereocenters. The van der Waals surface area contributed by atoms with E-state index in [2.05, 4.69) is 4.98 Å². The molecule has 4 rings (SSSR count). The van der Waals surface area contributed by atoms with Crippen LogP contribution in [0.4, 0.5) is 5.82 Å². The van der Waals surface area contributed by atoms with E-state index in [0.29, 0.717) is 5.65 Å². The summed E-state index contributed by atoms with van der Waals surface area (Å²) in [6, 6.07) is 11.2. The molecule has 0 saturated heterocycles. The van der Waals surface area contributed by atoms with Gasteiger partial charge in [0.05, 0.1) is 18.0 Å². The Bertz CT molecular complexity index is 1480. The number of hydrogen-bond donors (Lipinski definition) is 2.